The quantitative estimate of drug-likeness (QED) is 0.107. The van der Waals surface area contributed by atoms with Gasteiger partial charge in [-0.05, 0) is 94.2 Å². The van der Waals surface area contributed by atoms with Gasteiger partial charge in [-0.2, -0.15) is 0 Å². The van der Waals surface area contributed by atoms with Gasteiger partial charge in [-0.3, -0.25) is 9.97 Å². The molecule has 7 heteroatoms. The molecule has 11 aromatic rings. The SMILES string of the molecule is Cc1ccc(-c2ccc3c(c2)oc2c(-c4nc5cc(-c6ccccc6)nc(C)c5n4-c4c(C(C)C)cc(-c5ccccc5)cc4C(C)C)[c-]ccc23)cc1.[2H]C([2H])([2H])c1c[c-]c(-c2ccc([Si](C)(C)C)cn2)cc1.[Ir]. The van der Waals surface area contributed by atoms with E-state index in [1.165, 1.54) is 39.1 Å². The number of nitrogens with zero attached hydrogens (tertiary/aromatic N) is 4. The molecule has 0 aliphatic heterocycles. The second-order valence-electron chi connectivity index (χ2n) is 20.2. The van der Waals surface area contributed by atoms with Crippen LogP contribution in [0.5, 0.6) is 0 Å². The van der Waals surface area contributed by atoms with Gasteiger partial charge in [0.15, 0.2) is 0 Å². The Hall–Kier alpha value is -7.02. The Morgan fingerprint density at radius 3 is 1.88 bits per heavy atom. The summed E-state index contributed by atoms with van der Waals surface area (Å²) in [6.45, 7) is 18.1. The van der Waals surface area contributed by atoms with Crippen molar-refractivity contribution in [3.05, 3.63) is 210 Å². The van der Waals surface area contributed by atoms with Crippen LogP contribution in [0, 0.1) is 32.8 Å². The molecule has 5 nitrogen and oxygen atoms in total. The predicted octanol–water partition coefficient (Wildman–Crippen LogP) is 17.1. The average molecular weight is 1140 g/mol. The molecule has 0 unspecified atom stereocenters. The molecular formula is C65H60IrN4OSi-2. The van der Waals surface area contributed by atoms with Gasteiger partial charge in [0.05, 0.1) is 41.9 Å². The van der Waals surface area contributed by atoms with Crippen LogP contribution < -0.4 is 5.19 Å². The third-order valence-corrected chi connectivity index (χ3v) is 15.4. The van der Waals surface area contributed by atoms with Crippen LogP contribution in [0.4, 0.5) is 0 Å². The fraction of sp³-hybridized carbons (Fsp3) is 0.185. The van der Waals surface area contributed by atoms with Crippen molar-refractivity contribution in [1.82, 2.24) is 19.5 Å². The van der Waals surface area contributed by atoms with Crippen LogP contribution in [0.25, 0.3) is 94.8 Å². The van der Waals surface area contributed by atoms with Gasteiger partial charge in [-0.15, -0.1) is 53.6 Å². The van der Waals surface area contributed by atoms with E-state index in [1.807, 2.05) is 24.4 Å². The molecule has 0 saturated heterocycles. The third-order valence-electron chi connectivity index (χ3n) is 13.4. The van der Waals surface area contributed by atoms with E-state index in [1.54, 1.807) is 12.1 Å². The van der Waals surface area contributed by atoms with E-state index < -0.39 is 14.9 Å². The largest absolute Gasteiger partial charge is 0.501 e. The Kier molecular flexibility index (Phi) is 13.2. The van der Waals surface area contributed by atoms with Gasteiger partial charge in [-0.25, -0.2) is 0 Å². The number of hydrogen-bond acceptors (Lipinski definition) is 4. The van der Waals surface area contributed by atoms with Crippen molar-refractivity contribution < 1.29 is 28.6 Å². The topological polar surface area (TPSA) is 56.7 Å². The number of benzene rings is 7. The molecule has 0 aliphatic rings. The Bertz CT molecular complexity index is 3720. The summed E-state index contributed by atoms with van der Waals surface area (Å²) in [4.78, 5) is 15.2. The zero-order chi connectivity index (χ0) is 52.1. The molecule has 4 aromatic heterocycles. The van der Waals surface area contributed by atoms with Crippen LogP contribution in [0.2, 0.25) is 19.6 Å². The number of rotatable bonds is 9. The molecule has 0 spiro atoms. The van der Waals surface area contributed by atoms with Crippen LogP contribution in [-0.4, -0.2) is 27.6 Å². The van der Waals surface area contributed by atoms with Crippen molar-refractivity contribution in [3.63, 3.8) is 0 Å². The first-order valence-corrected chi connectivity index (χ1v) is 28.1. The summed E-state index contributed by atoms with van der Waals surface area (Å²) in [6, 6.07) is 62.8. The van der Waals surface area contributed by atoms with E-state index in [-0.39, 0.29) is 31.9 Å². The first-order valence-electron chi connectivity index (χ1n) is 26.1. The van der Waals surface area contributed by atoms with Crippen LogP contribution in [-0.2, 0) is 20.1 Å². The number of imidazole rings is 1. The van der Waals surface area contributed by atoms with Crippen LogP contribution in [0.15, 0.2) is 174 Å². The van der Waals surface area contributed by atoms with E-state index >= 15 is 0 Å². The molecule has 0 amide bonds. The summed E-state index contributed by atoms with van der Waals surface area (Å²) in [7, 11) is -1.34. The summed E-state index contributed by atoms with van der Waals surface area (Å²) in [5, 5.41) is 3.42. The predicted molar refractivity (Wildman–Crippen MR) is 301 cm³/mol. The molecule has 0 fully saturated rings. The summed E-state index contributed by atoms with van der Waals surface area (Å²) in [6.07, 6.45) is 1.92. The van der Waals surface area contributed by atoms with Gasteiger partial charge >= 0.3 is 0 Å². The van der Waals surface area contributed by atoms with Crippen molar-refractivity contribution in [3.8, 4) is 61.8 Å². The number of aromatic nitrogens is 4. The van der Waals surface area contributed by atoms with Gasteiger partial charge in [-0.1, -0.05) is 180 Å². The van der Waals surface area contributed by atoms with E-state index in [0.717, 1.165) is 89.4 Å². The van der Waals surface area contributed by atoms with Crippen molar-refractivity contribution >= 4 is 46.2 Å². The van der Waals surface area contributed by atoms with E-state index in [4.69, 9.17) is 18.5 Å². The Balaban J connectivity index is 0.000000277. The zero-order valence-electron chi connectivity index (χ0n) is 45.4. The monoisotopic (exact) mass is 1140 g/mol. The number of aryl methyl sites for hydroxylation is 3. The van der Waals surface area contributed by atoms with Gasteiger partial charge < -0.3 is 14.0 Å². The smallest absolute Gasteiger partial charge is 0.121 e. The second-order valence-corrected chi connectivity index (χ2v) is 25.3. The number of fused-ring (bicyclic) bond motifs is 4. The van der Waals surface area contributed by atoms with Crippen LogP contribution >= 0.6 is 0 Å². The molecule has 11 rings (SSSR count). The number of furan rings is 1. The maximum Gasteiger partial charge on any atom is 0.121 e. The molecule has 0 N–H and O–H groups in total. The molecular weight excluding hydrogens is 1070 g/mol. The van der Waals surface area contributed by atoms with Gasteiger partial charge in [0, 0.05) is 47.1 Å². The number of pyridine rings is 2. The van der Waals surface area contributed by atoms with E-state index in [2.05, 4.69) is 210 Å². The fourth-order valence-electron chi connectivity index (χ4n) is 9.45. The van der Waals surface area contributed by atoms with Crippen LogP contribution in [0.3, 0.4) is 0 Å². The minimum atomic E-state index is -2.08. The van der Waals surface area contributed by atoms with E-state index in [9.17, 15) is 0 Å². The maximum absolute atomic E-state index is 7.35. The molecule has 7 aromatic carbocycles. The first-order chi connectivity index (χ1) is 35.4. The normalized spacial score (nSPS) is 12.4. The minimum Gasteiger partial charge on any atom is -0.501 e. The standard InChI is InChI=1S/C50H42N3O.C15H18NSi.Ir/c1-30(2)42-26-38(34-14-9-7-10-15-34)27-43(31(3)4)48(42)53-47-33(6)51-44(36-16-11-8-12-17-36)29-45(47)52-50(53)41-19-13-18-40-39-25-24-37(28-46(39)54-49(40)41)35-22-20-32(5)21-23-35;1-12-5-7-13(8-6-12)15-10-9-14(11-16-15)17(2,3)4;/h7-18,20-31H,1-6H3;5-7,9-11H,1-4H3;/q2*-1;/i;1D3;. The third kappa shape index (κ3) is 9.94. The summed E-state index contributed by atoms with van der Waals surface area (Å²) in [5.74, 6) is 1.25. The van der Waals surface area contributed by atoms with Gasteiger partial charge in [0.25, 0.3) is 0 Å². The Morgan fingerprint density at radius 2 is 1.26 bits per heavy atom. The molecule has 4 heterocycles. The molecule has 0 bridgehead atoms. The molecule has 72 heavy (non-hydrogen) atoms. The first kappa shape index (κ1) is 46.1. The summed E-state index contributed by atoms with van der Waals surface area (Å²) < 4.78 is 31.3. The minimum absolute atomic E-state index is 0. The van der Waals surface area contributed by atoms with Crippen molar-refractivity contribution in [2.75, 3.05) is 0 Å². The van der Waals surface area contributed by atoms with Crippen molar-refractivity contribution in [2.45, 2.75) is 79.9 Å². The molecule has 361 valence electrons. The van der Waals surface area contributed by atoms with Crippen LogP contribution in [0.1, 0.15) is 71.6 Å². The summed E-state index contributed by atoms with van der Waals surface area (Å²) >= 11 is 0. The molecule has 1 radical (unpaired) electrons. The Labute approximate surface area is 443 Å². The fourth-order valence-corrected chi connectivity index (χ4v) is 10.5. The molecule has 0 atom stereocenters. The van der Waals surface area contributed by atoms with Crippen molar-refractivity contribution in [1.29, 1.82) is 0 Å². The molecule has 0 saturated carbocycles. The summed E-state index contributed by atoms with van der Waals surface area (Å²) in [5.41, 5.74) is 18.8. The van der Waals surface area contributed by atoms with Gasteiger partial charge in [0.1, 0.15) is 5.58 Å². The average Bonchev–Trinajstić information content (AvgIpc) is 3.98. The zero-order valence-corrected chi connectivity index (χ0v) is 45.7. The van der Waals surface area contributed by atoms with Gasteiger partial charge in [0.2, 0.25) is 0 Å². The second kappa shape index (κ2) is 20.6. The Morgan fingerprint density at radius 1 is 0.611 bits per heavy atom. The van der Waals surface area contributed by atoms with Crippen molar-refractivity contribution in [2.24, 2.45) is 0 Å². The number of hydrogen-bond donors (Lipinski definition) is 0. The van der Waals surface area contributed by atoms with E-state index in [0.29, 0.717) is 5.56 Å². The maximum atomic E-state index is 7.35. The molecule has 0 aliphatic carbocycles.